The number of hydrogen-bond acceptors (Lipinski definition) is 3. The van der Waals surface area contributed by atoms with E-state index >= 15 is 0 Å². The number of carbonyl (C=O) groups excluding carboxylic acids is 1. The van der Waals surface area contributed by atoms with Crippen LogP contribution in [0.3, 0.4) is 0 Å². The van der Waals surface area contributed by atoms with E-state index in [-0.39, 0.29) is 17.9 Å². The molecule has 0 radical (unpaired) electrons. The smallest absolute Gasteiger partial charge is 0.237 e. The molecule has 15 heavy (non-hydrogen) atoms. The van der Waals surface area contributed by atoms with Crippen LogP contribution in [-0.4, -0.2) is 37.0 Å². The van der Waals surface area contributed by atoms with Gasteiger partial charge in [-0.05, 0) is 26.3 Å². The van der Waals surface area contributed by atoms with Gasteiger partial charge in [-0.25, -0.2) is 0 Å². The van der Waals surface area contributed by atoms with Gasteiger partial charge in [-0.2, -0.15) is 5.26 Å². The third-order valence-corrected chi connectivity index (χ3v) is 2.89. The maximum absolute atomic E-state index is 11.6. The SMILES string of the molecule is CNC(=O)C1CCCCN1CC(C)C#N. The molecular formula is C11H19N3O. The third-order valence-electron chi connectivity index (χ3n) is 2.89. The largest absolute Gasteiger partial charge is 0.358 e. The molecule has 1 N–H and O–H groups in total. The second-order valence-electron chi connectivity index (χ2n) is 4.15. The van der Waals surface area contributed by atoms with Crippen LogP contribution < -0.4 is 5.32 Å². The highest BCUT2D eigenvalue weighted by atomic mass is 16.2. The van der Waals surface area contributed by atoms with E-state index in [2.05, 4.69) is 16.3 Å². The lowest BCUT2D eigenvalue weighted by Gasteiger charge is -2.34. The van der Waals surface area contributed by atoms with Crippen molar-refractivity contribution in [3.63, 3.8) is 0 Å². The van der Waals surface area contributed by atoms with Crippen molar-refractivity contribution in [2.45, 2.75) is 32.2 Å². The van der Waals surface area contributed by atoms with Gasteiger partial charge in [-0.3, -0.25) is 9.69 Å². The average Bonchev–Trinajstić information content (AvgIpc) is 2.28. The fraction of sp³-hybridized carbons (Fsp3) is 0.818. The molecule has 0 aliphatic carbocycles. The molecule has 0 bridgehead atoms. The molecule has 1 saturated heterocycles. The molecule has 0 aromatic carbocycles. The Hall–Kier alpha value is -1.08. The Morgan fingerprint density at radius 2 is 2.40 bits per heavy atom. The number of rotatable bonds is 3. The number of nitrogens with zero attached hydrogens (tertiary/aromatic N) is 2. The van der Waals surface area contributed by atoms with Crippen LogP contribution >= 0.6 is 0 Å². The van der Waals surface area contributed by atoms with Crippen molar-refractivity contribution in [2.24, 2.45) is 5.92 Å². The van der Waals surface area contributed by atoms with E-state index in [4.69, 9.17) is 5.26 Å². The van der Waals surface area contributed by atoms with Crippen LogP contribution in [0.2, 0.25) is 0 Å². The summed E-state index contributed by atoms with van der Waals surface area (Å²) in [7, 11) is 1.67. The Morgan fingerprint density at radius 1 is 1.67 bits per heavy atom. The first-order chi connectivity index (χ1) is 7.19. The van der Waals surface area contributed by atoms with Crippen LogP contribution in [0, 0.1) is 17.2 Å². The Bertz CT molecular complexity index is 259. The number of nitriles is 1. The number of carbonyl (C=O) groups is 1. The second-order valence-corrected chi connectivity index (χ2v) is 4.15. The highest BCUT2D eigenvalue weighted by Gasteiger charge is 2.28. The van der Waals surface area contributed by atoms with Crippen LogP contribution in [0.5, 0.6) is 0 Å². The minimum Gasteiger partial charge on any atom is -0.358 e. The van der Waals surface area contributed by atoms with Gasteiger partial charge in [0, 0.05) is 13.6 Å². The average molecular weight is 209 g/mol. The molecule has 0 spiro atoms. The number of piperidine rings is 1. The molecule has 0 aromatic heterocycles. The van der Waals surface area contributed by atoms with Gasteiger partial charge >= 0.3 is 0 Å². The summed E-state index contributed by atoms with van der Waals surface area (Å²) in [5.41, 5.74) is 0. The van der Waals surface area contributed by atoms with Gasteiger partial charge in [0.1, 0.15) is 0 Å². The normalized spacial score (nSPS) is 24.2. The zero-order chi connectivity index (χ0) is 11.3. The van der Waals surface area contributed by atoms with Crippen LogP contribution in [0.15, 0.2) is 0 Å². The second kappa shape index (κ2) is 5.72. The standard InChI is InChI=1S/C11H19N3O/c1-9(7-12)8-14-6-4-3-5-10(14)11(15)13-2/h9-10H,3-6,8H2,1-2H3,(H,13,15). The molecule has 0 saturated carbocycles. The van der Waals surface area contributed by atoms with Crippen molar-refractivity contribution < 1.29 is 4.79 Å². The van der Waals surface area contributed by atoms with Crippen LogP contribution in [0.1, 0.15) is 26.2 Å². The van der Waals surface area contributed by atoms with E-state index in [1.807, 2.05) is 6.92 Å². The molecular weight excluding hydrogens is 190 g/mol. The monoisotopic (exact) mass is 209 g/mol. The lowest BCUT2D eigenvalue weighted by Crippen LogP contribution is -2.49. The third kappa shape index (κ3) is 3.21. The topological polar surface area (TPSA) is 56.1 Å². The first-order valence-corrected chi connectivity index (χ1v) is 5.54. The van der Waals surface area contributed by atoms with Gasteiger partial charge in [0.2, 0.25) is 5.91 Å². The molecule has 2 unspecified atom stereocenters. The summed E-state index contributed by atoms with van der Waals surface area (Å²) in [6.07, 6.45) is 3.15. The summed E-state index contributed by atoms with van der Waals surface area (Å²) in [4.78, 5) is 13.7. The lowest BCUT2D eigenvalue weighted by atomic mass is 10.00. The van der Waals surface area contributed by atoms with Crippen molar-refractivity contribution in [3.05, 3.63) is 0 Å². The van der Waals surface area contributed by atoms with Gasteiger partial charge < -0.3 is 5.32 Å². The quantitative estimate of drug-likeness (QED) is 0.746. The molecule has 4 nitrogen and oxygen atoms in total. The molecule has 84 valence electrons. The zero-order valence-corrected chi connectivity index (χ0v) is 9.49. The Kier molecular flexibility index (Phi) is 4.57. The summed E-state index contributed by atoms with van der Waals surface area (Å²) >= 11 is 0. The molecule has 4 heteroatoms. The molecule has 1 aliphatic rings. The highest BCUT2D eigenvalue weighted by molar-refractivity contribution is 5.81. The first-order valence-electron chi connectivity index (χ1n) is 5.54. The van der Waals surface area contributed by atoms with Gasteiger partial charge in [0.15, 0.2) is 0 Å². The van der Waals surface area contributed by atoms with Gasteiger partial charge in [0.25, 0.3) is 0 Å². The van der Waals surface area contributed by atoms with E-state index in [0.717, 1.165) is 25.8 Å². The number of likely N-dealkylation sites (tertiary alicyclic amines) is 1. The zero-order valence-electron chi connectivity index (χ0n) is 9.49. The maximum Gasteiger partial charge on any atom is 0.237 e. The summed E-state index contributed by atoms with van der Waals surface area (Å²) < 4.78 is 0. The maximum atomic E-state index is 11.6. The predicted octanol–water partition coefficient (Wildman–Crippen LogP) is 0.747. The first kappa shape index (κ1) is 12.0. The fourth-order valence-electron chi connectivity index (χ4n) is 2.07. The summed E-state index contributed by atoms with van der Waals surface area (Å²) in [5, 5.41) is 11.5. The van der Waals surface area contributed by atoms with E-state index in [1.54, 1.807) is 7.05 Å². The number of amides is 1. The molecule has 1 fully saturated rings. The predicted molar refractivity (Wildman–Crippen MR) is 58.1 cm³/mol. The number of nitrogens with one attached hydrogen (secondary N) is 1. The molecule has 0 aromatic rings. The van der Waals surface area contributed by atoms with Crippen LogP contribution in [-0.2, 0) is 4.79 Å². The van der Waals surface area contributed by atoms with E-state index in [9.17, 15) is 4.79 Å². The van der Waals surface area contributed by atoms with E-state index in [1.165, 1.54) is 0 Å². The minimum absolute atomic E-state index is 0.00439. The molecule has 1 amide bonds. The lowest BCUT2D eigenvalue weighted by molar-refractivity contribution is -0.127. The van der Waals surface area contributed by atoms with Gasteiger partial charge in [0.05, 0.1) is 18.0 Å². The molecule has 2 atom stereocenters. The van der Waals surface area contributed by atoms with E-state index < -0.39 is 0 Å². The van der Waals surface area contributed by atoms with Gasteiger partial charge in [-0.1, -0.05) is 6.42 Å². The van der Waals surface area contributed by atoms with Crippen molar-refractivity contribution >= 4 is 5.91 Å². The highest BCUT2D eigenvalue weighted by Crippen LogP contribution is 2.18. The summed E-state index contributed by atoms with van der Waals surface area (Å²) in [5.74, 6) is 0.0788. The molecule has 1 rings (SSSR count). The van der Waals surface area contributed by atoms with Crippen molar-refractivity contribution in [3.8, 4) is 6.07 Å². The number of likely N-dealkylation sites (N-methyl/N-ethyl adjacent to an activating group) is 1. The minimum atomic E-state index is -0.0282. The molecule has 1 aliphatic heterocycles. The Labute approximate surface area is 91.2 Å². The summed E-state index contributed by atoms with van der Waals surface area (Å²) in [6.45, 7) is 3.54. The Balaban J connectivity index is 2.58. The molecule has 1 heterocycles. The van der Waals surface area contributed by atoms with Crippen molar-refractivity contribution in [1.29, 1.82) is 5.26 Å². The Morgan fingerprint density at radius 3 is 3.00 bits per heavy atom. The van der Waals surface area contributed by atoms with Crippen LogP contribution in [0.4, 0.5) is 0 Å². The van der Waals surface area contributed by atoms with Crippen molar-refractivity contribution in [1.82, 2.24) is 10.2 Å². The van der Waals surface area contributed by atoms with Crippen LogP contribution in [0.25, 0.3) is 0 Å². The number of hydrogen-bond donors (Lipinski definition) is 1. The summed E-state index contributed by atoms with van der Waals surface area (Å²) in [6, 6.07) is 2.19. The van der Waals surface area contributed by atoms with Gasteiger partial charge in [-0.15, -0.1) is 0 Å². The fourth-order valence-corrected chi connectivity index (χ4v) is 2.07. The van der Waals surface area contributed by atoms with E-state index in [0.29, 0.717) is 6.54 Å². The van der Waals surface area contributed by atoms with Crippen molar-refractivity contribution in [2.75, 3.05) is 20.1 Å².